The van der Waals surface area contributed by atoms with Crippen LogP contribution in [0.3, 0.4) is 0 Å². The van der Waals surface area contributed by atoms with Gasteiger partial charge in [0.05, 0.1) is 13.1 Å². The third-order valence-electron chi connectivity index (χ3n) is 2.16. The van der Waals surface area contributed by atoms with Gasteiger partial charge in [-0.05, 0) is 6.92 Å². The highest BCUT2D eigenvalue weighted by molar-refractivity contribution is 5.79. The molecule has 0 aromatic carbocycles. The Morgan fingerprint density at radius 1 is 1.70 bits per heavy atom. The molecule has 2 atom stereocenters. The van der Waals surface area contributed by atoms with E-state index < -0.39 is 0 Å². The first kappa shape index (κ1) is 7.73. The lowest BCUT2D eigenvalue weighted by molar-refractivity contribution is -0.896. The molecule has 1 saturated heterocycles. The standard InChI is InChI=1S/C8H15NO/c1-3-9-5-7(2)4-8(10)6-9/h7H,3-6H2,1-2H3/p+1/t7-/m1/s1. The first-order valence-corrected chi connectivity index (χ1v) is 4.07. The summed E-state index contributed by atoms with van der Waals surface area (Å²) in [6.07, 6.45) is 0.809. The van der Waals surface area contributed by atoms with Crippen LogP contribution in [0.4, 0.5) is 0 Å². The minimum atomic E-state index is 0.440. The molecule has 0 bridgehead atoms. The second-order valence-electron chi connectivity index (χ2n) is 3.33. The normalized spacial score (nSPS) is 34.4. The van der Waals surface area contributed by atoms with E-state index in [0.717, 1.165) is 19.5 Å². The van der Waals surface area contributed by atoms with Gasteiger partial charge in [0.2, 0.25) is 0 Å². The van der Waals surface area contributed by atoms with Crippen LogP contribution in [0.15, 0.2) is 0 Å². The number of rotatable bonds is 1. The molecular weight excluding hydrogens is 126 g/mol. The first-order valence-electron chi connectivity index (χ1n) is 4.07. The quantitative estimate of drug-likeness (QED) is 0.523. The number of Topliss-reactive ketones (excluding diaryl/α,β-unsaturated/α-hetero) is 1. The molecule has 0 aromatic heterocycles. The molecule has 1 rings (SSSR count). The Morgan fingerprint density at radius 2 is 2.40 bits per heavy atom. The number of carbonyl (C=O) groups excluding carboxylic acids is 1. The highest BCUT2D eigenvalue weighted by Gasteiger charge is 2.23. The predicted molar refractivity (Wildman–Crippen MR) is 40.0 cm³/mol. The highest BCUT2D eigenvalue weighted by atomic mass is 16.1. The molecular formula is C8H16NO+. The SMILES string of the molecule is CC[NH+]1CC(=O)C[C@@H](C)C1. The van der Waals surface area contributed by atoms with E-state index in [9.17, 15) is 4.79 Å². The maximum absolute atomic E-state index is 11.0. The summed E-state index contributed by atoms with van der Waals surface area (Å²) in [6.45, 7) is 7.34. The van der Waals surface area contributed by atoms with E-state index >= 15 is 0 Å². The van der Waals surface area contributed by atoms with Gasteiger partial charge in [-0.2, -0.15) is 0 Å². The Bertz CT molecular complexity index is 133. The Morgan fingerprint density at radius 3 is 2.90 bits per heavy atom. The Hall–Kier alpha value is -0.370. The van der Waals surface area contributed by atoms with Crippen molar-refractivity contribution in [1.82, 2.24) is 0 Å². The average molecular weight is 142 g/mol. The molecule has 0 aliphatic carbocycles. The van der Waals surface area contributed by atoms with Crippen LogP contribution in [-0.4, -0.2) is 25.4 Å². The van der Waals surface area contributed by atoms with Crippen LogP contribution in [0.25, 0.3) is 0 Å². The van der Waals surface area contributed by atoms with Crippen LogP contribution in [0.1, 0.15) is 20.3 Å². The number of ketones is 1. The van der Waals surface area contributed by atoms with E-state index in [0.29, 0.717) is 11.7 Å². The molecule has 0 aromatic rings. The second kappa shape index (κ2) is 3.15. The van der Waals surface area contributed by atoms with Crippen LogP contribution < -0.4 is 4.90 Å². The third-order valence-corrected chi connectivity index (χ3v) is 2.16. The van der Waals surface area contributed by atoms with Crippen molar-refractivity contribution in [2.24, 2.45) is 5.92 Å². The second-order valence-corrected chi connectivity index (χ2v) is 3.33. The molecule has 0 amide bonds. The summed E-state index contributed by atoms with van der Waals surface area (Å²) in [7, 11) is 0. The van der Waals surface area contributed by atoms with Crippen molar-refractivity contribution < 1.29 is 9.69 Å². The van der Waals surface area contributed by atoms with Gasteiger partial charge in [-0.25, -0.2) is 0 Å². The molecule has 0 spiro atoms. The first-order chi connectivity index (χ1) is 4.72. The molecule has 1 aliphatic heterocycles. The summed E-state index contributed by atoms with van der Waals surface area (Å²) in [6, 6.07) is 0. The largest absolute Gasteiger partial charge is 0.329 e. The number of likely N-dealkylation sites (N-methyl/N-ethyl adjacent to an activating group) is 1. The molecule has 58 valence electrons. The molecule has 0 saturated carbocycles. The van der Waals surface area contributed by atoms with Crippen LogP contribution in [0.5, 0.6) is 0 Å². The van der Waals surface area contributed by atoms with Gasteiger partial charge in [0.25, 0.3) is 0 Å². The molecule has 2 nitrogen and oxygen atoms in total. The van der Waals surface area contributed by atoms with E-state index in [1.54, 1.807) is 0 Å². The molecule has 1 N–H and O–H groups in total. The van der Waals surface area contributed by atoms with E-state index in [1.165, 1.54) is 11.4 Å². The third kappa shape index (κ3) is 1.81. The van der Waals surface area contributed by atoms with E-state index in [4.69, 9.17) is 0 Å². The summed E-state index contributed by atoms with van der Waals surface area (Å²) < 4.78 is 0. The van der Waals surface area contributed by atoms with Crippen LogP contribution in [0.2, 0.25) is 0 Å². The van der Waals surface area contributed by atoms with Crippen LogP contribution >= 0.6 is 0 Å². The topological polar surface area (TPSA) is 21.5 Å². The number of piperidine rings is 1. The molecule has 1 fully saturated rings. The summed E-state index contributed by atoms with van der Waals surface area (Å²) >= 11 is 0. The van der Waals surface area contributed by atoms with Crippen LogP contribution in [0, 0.1) is 5.92 Å². The number of carbonyl (C=O) groups is 1. The fourth-order valence-corrected chi connectivity index (χ4v) is 1.65. The predicted octanol–water partition coefficient (Wildman–Crippen LogP) is -0.500. The lowest BCUT2D eigenvalue weighted by Gasteiger charge is -2.25. The van der Waals surface area contributed by atoms with Crippen molar-refractivity contribution in [2.45, 2.75) is 20.3 Å². The maximum Gasteiger partial charge on any atom is 0.187 e. The monoisotopic (exact) mass is 142 g/mol. The smallest absolute Gasteiger partial charge is 0.187 e. The number of quaternary nitrogens is 1. The fourth-order valence-electron chi connectivity index (χ4n) is 1.65. The summed E-state index contributed by atoms with van der Waals surface area (Å²) in [5, 5.41) is 0. The van der Waals surface area contributed by atoms with Crippen LogP contribution in [-0.2, 0) is 4.79 Å². The van der Waals surface area contributed by atoms with Gasteiger partial charge < -0.3 is 4.90 Å². The van der Waals surface area contributed by atoms with Gasteiger partial charge in [-0.1, -0.05) is 6.92 Å². The zero-order valence-electron chi connectivity index (χ0n) is 6.81. The highest BCUT2D eigenvalue weighted by Crippen LogP contribution is 2.01. The van der Waals surface area contributed by atoms with Gasteiger partial charge in [0.1, 0.15) is 6.54 Å². The summed E-state index contributed by atoms with van der Waals surface area (Å²) in [4.78, 5) is 12.5. The summed E-state index contributed by atoms with van der Waals surface area (Å²) in [5.74, 6) is 1.05. The van der Waals surface area contributed by atoms with Crippen molar-refractivity contribution in [1.29, 1.82) is 0 Å². The van der Waals surface area contributed by atoms with Gasteiger partial charge in [0, 0.05) is 12.3 Å². The number of nitrogens with one attached hydrogen (secondary N) is 1. The van der Waals surface area contributed by atoms with E-state index in [1.807, 2.05) is 0 Å². The molecule has 1 heterocycles. The van der Waals surface area contributed by atoms with Gasteiger partial charge in [0.15, 0.2) is 5.78 Å². The lowest BCUT2D eigenvalue weighted by atomic mass is 9.99. The minimum absolute atomic E-state index is 0.440. The number of hydrogen-bond donors (Lipinski definition) is 1. The lowest BCUT2D eigenvalue weighted by Crippen LogP contribution is -3.14. The van der Waals surface area contributed by atoms with Crippen molar-refractivity contribution in [3.05, 3.63) is 0 Å². The fraction of sp³-hybridized carbons (Fsp3) is 0.875. The van der Waals surface area contributed by atoms with Gasteiger partial charge in [-0.3, -0.25) is 4.79 Å². The number of likely N-dealkylation sites (tertiary alicyclic amines) is 1. The summed E-state index contributed by atoms with van der Waals surface area (Å²) in [5.41, 5.74) is 0. The maximum atomic E-state index is 11.0. The van der Waals surface area contributed by atoms with Crippen molar-refractivity contribution in [2.75, 3.05) is 19.6 Å². The minimum Gasteiger partial charge on any atom is -0.329 e. The van der Waals surface area contributed by atoms with E-state index in [-0.39, 0.29) is 0 Å². The van der Waals surface area contributed by atoms with Crippen molar-refractivity contribution in [3.63, 3.8) is 0 Å². The van der Waals surface area contributed by atoms with Crippen molar-refractivity contribution >= 4 is 5.78 Å². The van der Waals surface area contributed by atoms with Gasteiger partial charge in [-0.15, -0.1) is 0 Å². The zero-order valence-corrected chi connectivity index (χ0v) is 6.81. The Balaban J connectivity index is 2.42. The van der Waals surface area contributed by atoms with Crippen molar-refractivity contribution in [3.8, 4) is 0 Å². The Labute approximate surface area is 62.2 Å². The number of hydrogen-bond acceptors (Lipinski definition) is 1. The molecule has 10 heavy (non-hydrogen) atoms. The molecule has 1 aliphatic rings. The molecule has 0 radical (unpaired) electrons. The van der Waals surface area contributed by atoms with E-state index in [2.05, 4.69) is 13.8 Å². The average Bonchev–Trinajstić information content (AvgIpc) is 1.85. The van der Waals surface area contributed by atoms with Gasteiger partial charge >= 0.3 is 0 Å². The Kier molecular flexibility index (Phi) is 2.44. The molecule has 1 unspecified atom stereocenters. The zero-order chi connectivity index (χ0) is 7.56. The molecule has 2 heteroatoms.